The van der Waals surface area contributed by atoms with E-state index in [1.165, 1.54) is 0 Å². The average Bonchev–Trinajstić information content (AvgIpc) is 3.31. The van der Waals surface area contributed by atoms with Crippen molar-refractivity contribution in [3.63, 3.8) is 0 Å². The predicted octanol–water partition coefficient (Wildman–Crippen LogP) is 3.67. The second-order valence-corrected chi connectivity index (χ2v) is 5.78. The first-order valence-corrected chi connectivity index (χ1v) is 8.21. The van der Waals surface area contributed by atoms with Crippen LogP contribution in [-0.4, -0.2) is 28.8 Å². The van der Waals surface area contributed by atoms with Gasteiger partial charge in [-0.3, -0.25) is 4.79 Å². The number of carbonyl (C=O) groups is 1. The van der Waals surface area contributed by atoms with E-state index in [1.54, 1.807) is 30.2 Å². The van der Waals surface area contributed by atoms with Gasteiger partial charge in [0.15, 0.2) is 5.76 Å². The summed E-state index contributed by atoms with van der Waals surface area (Å²) in [5.41, 5.74) is 1.83. The minimum atomic E-state index is -0.171. The molecule has 25 heavy (non-hydrogen) atoms. The highest BCUT2D eigenvalue weighted by atomic mass is 16.5. The van der Waals surface area contributed by atoms with Gasteiger partial charge in [0.1, 0.15) is 17.1 Å². The second kappa shape index (κ2) is 7.25. The van der Waals surface area contributed by atoms with E-state index in [1.807, 2.05) is 44.2 Å². The van der Waals surface area contributed by atoms with Crippen LogP contribution in [0.3, 0.4) is 0 Å². The minimum Gasteiger partial charge on any atom is -0.497 e. The summed E-state index contributed by atoms with van der Waals surface area (Å²) in [4.78, 5) is 12.7. The monoisotopic (exact) mass is 339 g/mol. The SMILES string of the molecule is CCC(C)NC(=O)c1cc(-c2ccco2)nn1-c1ccc(OC)cc1. The lowest BCUT2D eigenvalue weighted by atomic mass is 10.2. The Morgan fingerprint density at radius 1 is 1.32 bits per heavy atom. The fraction of sp³-hybridized carbons (Fsp3) is 0.263. The Morgan fingerprint density at radius 3 is 2.68 bits per heavy atom. The van der Waals surface area contributed by atoms with Gasteiger partial charge >= 0.3 is 0 Å². The van der Waals surface area contributed by atoms with Crippen LogP contribution in [-0.2, 0) is 0 Å². The molecular formula is C19H21N3O3. The first-order chi connectivity index (χ1) is 12.1. The van der Waals surface area contributed by atoms with Gasteiger partial charge < -0.3 is 14.5 Å². The van der Waals surface area contributed by atoms with E-state index < -0.39 is 0 Å². The molecule has 1 N–H and O–H groups in total. The summed E-state index contributed by atoms with van der Waals surface area (Å²) in [7, 11) is 1.61. The normalized spacial score (nSPS) is 12.0. The minimum absolute atomic E-state index is 0.0822. The molecule has 2 aromatic heterocycles. The number of hydrogen-bond acceptors (Lipinski definition) is 4. The average molecular weight is 339 g/mol. The van der Waals surface area contributed by atoms with Crippen molar-refractivity contribution in [2.24, 2.45) is 0 Å². The van der Waals surface area contributed by atoms with Crippen molar-refractivity contribution in [3.8, 4) is 22.9 Å². The molecule has 0 radical (unpaired) electrons. The first-order valence-electron chi connectivity index (χ1n) is 8.21. The molecule has 1 unspecified atom stereocenters. The fourth-order valence-corrected chi connectivity index (χ4v) is 2.41. The molecule has 6 heteroatoms. The highest BCUT2D eigenvalue weighted by Gasteiger charge is 2.19. The van der Waals surface area contributed by atoms with Crippen LogP contribution < -0.4 is 10.1 Å². The summed E-state index contributed by atoms with van der Waals surface area (Å²) in [5.74, 6) is 1.19. The van der Waals surface area contributed by atoms with Gasteiger partial charge in [-0.25, -0.2) is 4.68 Å². The highest BCUT2D eigenvalue weighted by molar-refractivity contribution is 5.94. The molecule has 3 rings (SSSR count). The molecule has 0 fully saturated rings. The van der Waals surface area contributed by atoms with Crippen LogP contribution in [0.5, 0.6) is 5.75 Å². The van der Waals surface area contributed by atoms with E-state index in [4.69, 9.17) is 9.15 Å². The van der Waals surface area contributed by atoms with Crippen molar-refractivity contribution >= 4 is 5.91 Å². The Labute approximate surface area is 146 Å². The molecule has 3 aromatic rings. The standard InChI is InChI=1S/C19H21N3O3/c1-4-13(2)20-19(23)17-12-16(18-6-5-11-25-18)21-22(17)14-7-9-15(24-3)10-8-14/h5-13H,4H2,1-3H3,(H,20,23). The van der Waals surface area contributed by atoms with Gasteiger partial charge in [-0.05, 0) is 49.7 Å². The summed E-state index contributed by atoms with van der Waals surface area (Å²) in [6.45, 7) is 4.00. The van der Waals surface area contributed by atoms with Crippen molar-refractivity contribution in [1.82, 2.24) is 15.1 Å². The summed E-state index contributed by atoms with van der Waals surface area (Å²) in [6.07, 6.45) is 2.44. The zero-order valence-electron chi connectivity index (χ0n) is 14.5. The zero-order chi connectivity index (χ0) is 17.8. The molecule has 0 saturated carbocycles. The summed E-state index contributed by atoms with van der Waals surface area (Å²) < 4.78 is 12.2. The summed E-state index contributed by atoms with van der Waals surface area (Å²) in [5, 5.41) is 7.54. The topological polar surface area (TPSA) is 69.3 Å². The van der Waals surface area contributed by atoms with Crippen LogP contribution in [0.4, 0.5) is 0 Å². The van der Waals surface area contributed by atoms with Crippen molar-refractivity contribution in [1.29, 1.82) is 0 Å². The molecule has 0 spiro atoms. The van der Waals surface area contributed by atoms with Gasteiger partial charge in [-0.15, -0.1) is 0 Å². The van der Waals surface area contributed by atoms with Gasteiger partial charge in [-0.1, -0.05) is 6.92 Å². The number of nitrogens with zero attached hydrogens (tertiary/aromatic N) is 2. The summed E-state index contributed by atoms with van der Waals surface area (Å²) >= 11 is 0. The Morgan fingerprint density at radius 2 is 2.08 bits per heavy atom. The highest BCUT2D eigenvalue weighted by Crippen LogP contribution is 2.23. The molecular weight excluding hydrogens is 318 g/mol. The molecule has 1 aromatic carbocycles. The van der Waals surface area contributed by atoms with Gasteiger partial charge in [0, 0.05) is 12.1 Å². The number of carbonyl (C=O) groups excluding carboxylic acids is 1. The van der Waals surface area contributed by atoms with E-state index in [-0.39, 0.29) is 11.9 Å². The van der Waals surface area contributed by atoms with E-state index in [2.05, 4.69) is 10.4 Å². The third-order valence-electron chi connectivity index (χ3n) is 4.02. The van der Waals surface area contributed by atoms with E-state index >= 15 is 0 Å². The lowest BCUT2D eigenvalue weighted by Gasteiger charge is -2.12. The molecule has 2 heterocycles. The lowest BCUT2D eigenvalue weighted by Crippen LogP contribution is -2.33. The van der Waals surface area contributed by atoms with Gasteiger partial charge in [0.25, 0.3) is 5.91 Å². The number of amides is 1. The molecule has 1 atom stereocenters. The maximum atomic E-state index is 12.7. The van der Waals surface area contributed by atoms with E-state index in [9.17, 15) is 4.79 Å². The maximum absolute atomic E-state index is 12.7. The second-order valence-electron chi connectivity index (χ2n) is 5.78. The first kappa shape index (κ1) is 16.8. The van der Waals surface area contributed by atoms with Crippen molar-refractivity contribution in [2.45, 2.75) is 26.3 Å². The number of ether oxygens (including phenoxy) is 1. The van der Waals surface area contributed by atoms with Crippen molar-refractivity contribution in [3.05, 3.63) is 54.4 Å². The van der Waals surface area contributed by atoms with Crippen LogP contribution in [0, 0.1) is 0 Å². The fourth-order valence-electron chi connectivity index (χ4n) is 2.41. The van der Waals surface area contributed by atoms with Crippen LogP contribution >= 0.6 is 0 Å². The van der Waals surface area contributed by atoms with Crippen molar-refractivity contribution < 1.29 is 13.9 Å². The smallest absolute Gasteiger partial charge is 0.270 e. The van der Waals surface area contributed by atoms with Gasteiger partial charge in [0.2, 0.25) is 0 Å². The predicted molar refractivity (Wildman–Crippen MR) is 95.0 cm³/mol. The molecule has 0 bridgehead atoms. The van der Waals surface area contributed by atoms with Crippen molar-refractivity contribution in [2.75, 3.05) is 7.11 Å². The molecule has 0 saturated heterocycles. The Kier molecular flexibility index (Phi) is 4.88. The van der Waals surface area contributed by atoms with E-state index in [0.29, 0.717) is 17.1 Å². The molecule has 6 nitrogen and oxygen atoms in total. The Balaban J connectivity index is 2.03. The number of benzene rings is 1. The van der Waals surface area contributed by atoms with Crippen LogP contribution in [0.1, 0.15) is 30.8 Å². The lowest BCUT2D eigenvalue weighted by molar-refractivity contribution is 0.0931. The van der Waals surface area contributed by atoms with E-state index in [0.717, 1.165) is 17.9 Å². The summed E-state index contributed by atoms with van der Waals surface area (Å²) in [6, 6.07) is 12.8. The maximum Gasteiger partial charge on any atom is 0.270 e. The molecule has 0 aliphatic heterocycles. The molecule has 0 aliphatic rings. The third kappa shape index (κ3) is 3.57. The quantitative estimate of drug-likeness (QED) is 0.744. The van der Waals surface area contributed by atoms with Crippen LogP contribution in [0.2, 0.25) is 0 Å². The van der Waals surface area contributed by atoms with Crippen LogP contribution in [0.15, 0.2) is 53.1 Å². The van der Waals surface area contributed by atoms with Gasteiger partial charge in [0.05, 0.1) is 19.1 Å². The molecule has 1 amide bonds. The largest absolute Gasteiger partial charge is 0.497 e. The number of methoxy groups -OCH3 is 1. The zero-order valence-corrected chi connectivity index (χ0v) is 14.5. The number of aromatic nitrogens is 2. The number of hydrogen-bond donors (Lipinski definition) is 1. The molecule has 0 aliphatic carbocycles. The third-order valence-corrected chi connectivity index (χ3v) is 4.02. The number of nitrogens with one attached hydrogen (secondary N) is 1. The van der Waals surface area contributed by atoms with Crippen LogP contribution in [0.25, 0.3) is 17.1 Å². The molecule has 130 valence electrons. The number of furan rings is 1. The van der Waals surface area contributed by atoms with Gasteiger partial charge in [-0.2, -0.15) is 5.10 Å². The Hall–Kier alpha value is -3.02. The Bertz CT molecular complexity index is 835. The number of rotatable bonds is 6.